The van der Waals surface area contributed by atoms with Crippen molar-refractivity contribution < 1.29 is 9.53 Å². The number of benzene rings is 1. The van der Waals surface area contributed by atoms with Crippen LogP contribution in [-0.2, 0) is 4.79 Å². The molecule has 2 N–H and O–H groups in total. The molecule has 0 saturated carbocycles. The van der Waals surface area contributed by atoms with Crippen molar-refractivity contribution >= 4 is 23.2 Å². The maximum absolute atomic E-state index is 12.4. The summed E-state index contributed by atoms with van der Waals surface area (Å²) in [7, 11) is 1.56. The van der Waals surface area contributed by atoms with Gasteiger partial charge in [-0.3, -0.25) is 4.79 Å². The number of carbonyl (C=O) groups is 1. The molecule has 0 radical (unpaired) electrons. The minimum absolute atomic E-state index is 0.0541. The van der Waals surface area contributed by atoms with Crippen molar-refractivity contribution in [2.24, 2.45) is 5.41 Å². The molecule has 1 aliphatic rings. The second kappa shape index (κ2) is 5.80. The van der Waals surface area contributed by atoms with Gasteiger partial charge in [-0.15, -0.1) is 0 Å². The lowest BCUT2D eigenvalue weighted by Crippen LogP contribution is -2.42. The Hall–Kier alpha value is -1.26. The van der Waals surface area contributed by atoms with Crippen LogP contribution >= 0.6 is 11.6 Å². The van der Waals surface area contributed by atoms with E-state index in [1.807, 2.05) is 6.92 Å². The molecule has 0 atom stereocenters. The van der Waals surface area contributed by atoms with Gasteiger partial charge in [0.25, 0.3) is 0 Å². The maximum atomic E-state index is 12.4. The lowest BCUT2D eigenvalue weighted by molar-refractivity contribution is -0.126. The average Bonchev–Trinajstić information content (AvgIpc) is 2.41. The topological polar surface area (TPSA) is 50.4 Å². The Kier molecular flexibility index (Phi) is 4.32. The predicted molar refractivity (Wildman–Crippen MR) is 76.8 cm³/mol. The van der Waals surface area contributed by atoms with Crippen LogP contribution < -0.4 is 15.4 Å². The van der Waals surface area contributed by atoms with Crippen molar-refractivity contribution in [2.75, 3.05) is 25.5 Å². The standard InChI is InChI=1S/C14H19ClN2O2/c1-14(5-7-16-8-6-14)13(18)17-10-3-4-11(15)12(9-10)19-2/h3-4,9,16H,5-8H2,1-2H3,(H,17,18). The SMILES string of the molecule is COc1cc(NC(=O)C2(C)CCNCC2)ccc1Cl. The number of ether oxygens (including phenoxy) is 1. The molecule has 1 aromatic rings. The Morgan fingerprint density at radius 2 is 2.11 bits per heavy atom. The summed E-state index contributed by atoms with van der Waals surface area (Å²) in [6.45, 7) is 3.78. The fraction of sp³-hybridized carbons (Fsp3) is 0.500. The number of piperidine rings is 1. The van der Waals surface area contributed by atoms with Gasteiger partial charge in [-0.05, 0) is 38.1 Å². The average molecular weight is 283 g/mol. The third-order valence-corrected chi connectivity index (χ3v) is 3.98. The molecule has 0 spiro atoms. The van der Waals surface area contributed by atoms with E-state index in [9.17, 15) is 4.79 Å². The van der Waals surface area contributed by atoms with E-state index in [0.717, 1.165) is 25.9 Å². The summed E-state index contributed by atoms with van der Waals surface area (Å²) < 4.78 is 5.14. The van der Waals surface area contributed by atoms with Crippen molar-refractivity contribution in [2.45, 2.75) is 19.8 Å². The number of anilines is 1. The molecule has 5 heteroatoms. The molecule has 0 aliphatic carbocycles. The molecule has 1 fully saturated rings. The summed E-state index contributed by atoms with van der Waals surface area (Å²) in [5.74, 6) is 0.619. The highest BCUT2D eigenvalue weighted by atomic mass is 35.5. The smallest absolute Gasteiger partial charge is 0.230 e. The second-order valence-corrected chi connectivity index (χ2v) is 5.52. The van der Waals surface area contributed by atoms with Crippen molar-refractivity contribution in [3.63, 3.8) is 0 Å². The molecule has 2 rings (SSSR count). The van der Waals surface area contributed by atoms with Gasteiger partial charge < -0.3 is 15.4 Å². The van der Waals surface area contributed by atoms with Crippen LogP contribution in [0.4, 0.5) is 5.69 Å². The molecule has 1 saturated heterocycles. The van der Waals surface area contributed by atoms with E-state index in [0.29, 0.717) is 16.5 Å². The molecule has 1 aromatic carbocycles. The van der Waals surface area contributed by atoms with E-state index in [2.05, 4.69) is 10.6 Å². The van der Waals surface area contributed by atoms with Gasteiger partial charge in [0.05, 0.1) is 12.1 Å². The zero-order chi connectivity index (χ0) is 13.9. The van der Waals surface area contributed by atoms with E-state index in [4.69, 9.17) is 16.3 Å². The monoisotopic (exact) mass is 282 g/mol. The molecule has 0 aromatic heterocycles. The van der Waals surface area contributed by atoms with Crippen LogP contribution in [-0.4, -0.2) is 26.1 Å². The first-order chi connectivity index (χ1) is 9.05. The Labute approximate surface area is 118 Å². The molecular weight excluding hydrogens is 264 g/mol. The van der Waals surface area contributed by atoms with E-state index < -0.39 is 0 Å². The molecule has 0 bridgehead atoms. The number of hydrogen-bond donors (Lipinski definition) is 2. The van der Waals surface area contributed by atoms with Crippen LogP contribution in [0.5, 0.6) is 5.75 Å². The molecule has 1 heterocycles. The summed E-state index contributed by atoms with van der Waals surface area (Å²) in [5, 5.41) is 6.75. The molecule has 0 unspecified atom stereocenters. The lowest BCUT2D eigenvalue weighted by atomic mass is 9.80. The summed E-state index contributed by atoms with van der Waals surface area (Å²) in [6.07, 6.45) is 1.70. The van der Waals surface area contributed by atoms with Crippen LogP contribution in [0.15, 0.2) is 18.2 Å². The maximum Gasteiger partial charge on any atom is 0.230 e. The van der Waals surface area contributed by atoms with Gasteiger partial charge in [0.1, 0.15) is 5.75 Å². The van der Waals surface area contributed by atoms with Crippen LogP contribution in [0.3, 0.4) is 0 Å². The van der Waals surface area contributed by atoms with E-state index >= 15 is 0 Å². The van der Waals surface area contributed by atoms with Crippen molar-refractivity contribution in [1.82, 2.24) is 5.32 Å². The number of rotatable bonds is 3. The summed E-state index contributed by atoms with van der Waals surface area (Å²) in [4.78, 5) is 12.4. The summed E-state index contributed by atoms with van der Waals surface area (Å²) >= 11 is 5.96. The zero-order valence-electron chi connectivity index (χ0n) is 11.3. The normalized spacial score (nSPS) is 17.8. The first kappa shape index (κ1) is 14.2. The molecule has 104 valence electrons. The summed E-state index contributed by atoms with van der Waals surface area (Å²) in [5.41, 5.74) is 0.406. The van der Waals surface area contributed by atoms with E-state index in [1.165, 1.54) is 0 Å². The van der Waals surface area contributed by atoms with Crippen LogP contribution in [0.2, 0.25) is 5.02 Å². The third-order valence-electron chi connectivity index (χ3n) is 3.66. The highest BCUT2D eigenvalue weighted by molar-refractivity contribution is 6.32. The van der Waals surface area contributed by atoms with Crippen molar-refractivity contribution in [1.29, 1.82) is 0 Å². The molecule has 19 heavy (non-hydrogen) atoms. The van der Waals surface area contributed by atoms with Crippen LogP contribution in [0.1, 0.15) is 19.8 Å². The fourth-order valence-electron chi connectivity index (χ4n) is 2.23. The number of amides is 1. The van der Waals surface area contributed by atoms with Gasteiger partial charge >= 0.3 is 0 Å². The number of methoxy groups -OCH3 is 1. The highest BCUT2D eigenvalue weighted by Crippen LogP contribution is 2.31. The quantitative estimate of drug-likeness (QED) is 0.896. The largest absolute Gasteiger partial charge is 0.495 e. The minimum Gasteiger partial charge on any atom is -0.495 e. The molecule has 1 amide bonds. The molecule has 1 aliphatic heterocycles. The first-order valence-electron chi connectivity index (χ1n) is 6.41. The number of halogens is 1. The Balaban J connectivity index is 2.10. The number of carbonyl (C=O) groups excluding carboxylic acids is 1. The molecular formula is C14H19ClN2O2. The van der Waals surface area contributed by atoms with E-state index in [1.54, 1.807) is 25.3 Å². The minimum atomic E-state index is -0.307. The number of nitrogens with one attached hydrogen (secondary N) is 2. The molecule has 4 nitrogen and oxygen atoms in total. The zero-order valence-corrected chi connectivity index (χ0v) is 12.0. The second-order valence-electron chi connectivity index (χ2n) is 5.11. The lowest BCUT2D eigenvalue weighted by Gasteiger charge is -2.32. The van der Waals surface area contributed by atoms with Crippen LogP contribution in [0.25, 0.3) is 0 Å². The number of hydrogen-bond acceptors (Lipinski definition) is 3. The fourth-order valence-corrected chi connectivity index (χ4v) is 2.42. The van der Waals surface area contributed by atoms with E-state index in [-0.39, 0.29) is 11.3 Å². The Morgan fingerprint density at radius 1 is 1.42 bits per heavy atom. The summed E-state index contributed by atoms with van der Waals surface area (Å²) in [6, 6.07) is 5.25. The first-order valence-corrected chi connectivity index (χ1v) is 6.79. The van der Waals surface area contributed by atoms with Gasteiger partial charge in [0, 0.05) is 17.2 Å². The third kappa shape index (κ3) is 3.19. The van der Waals surface area contributed by atoms with Gasteiger partial charge in [0.15, 0.2) is 0 Å². The van der Waals surface area contributed by atoms with Gasteiger partial charge in [0.2, 0.25) is 5.91 Å². The van der Waals surface area contributed by atoms with Gasteiger partial charge in [-0.2, -0.15) is 0 Å². The predicted octanol–water partition coefficient (Wildman–Crippen LogP) is 2.68. The Bertz CT molecular complexity index is 471. The Morgan fingerprint density at radius 3 is 2.74 bits per heavy atom. The highest BCUT2D eigenvalue weighted by Gasteiger charge is 2.34. The van der Waals surface area contributed by atoms with Gasteiger partial charge in [-0.1, -0.05) is 18.5 Å². The van der Waals surface area contributed by atoms with Gasteiger partial charge in [-0.25, -0.2) is 0 Å². The van der Waals surface area contributed by atoms with Crippen LogP contribution in [0, 0.1) is 5.41 Å². The van der Waals surface area contributed by atoms with Crippen molar-refractivity contribution in [3.8, 4) is 5.75 Å². The van der Waals surface area contributed by atoms with Crippen molar-refractivity contribution in [3.05, 3.63) is 23.2 Å².